The van der Waals surface area contributed by atoms with E-state index < -0.39 is 16.1 Å². The molecule has 62 heavy (non-hydrogen) atoms. The lowest BCUT2D eigenvalue weighted by Gasteiger charge is -2.35. The number of rotatable bonds is 17. The molecule has 0 fully saturated rings. The monoisotopic (exact) mass is 887 g/mol. The van der Waals surface area contributed by atoms with Crippen molar-refractivity contribution in [3.05, 3.63) is 88.0 Å². The van der Waals surface area contributed by atoms with E-state index in [0.29, 0.717) is 42.3 Å². The lowest BCUT2D eigenvalue weighted by molar-refractivity contribution is 0.0522. The second-order valence-electron chi connectivity index (χ2n) is 23.6. The fourth-order valence-electron chi connectivity index (χ4n) is 9.72. The first kappa shape index (κ1) is 51.2. The molecule has 0 aliphatic carbocycles. The number of methoxy groups -OCH3 is 1. The number of benzene rings is 4. The van der Waals surface area contributed by atoms with Crippen molar-refractivity contribution in [2.75, 3.05) is 27.1 Å². The van der Waals surface area contributed by atoms with Gasteiger partial charge in [-0.1, -0.05) is 132 Å². The molecule has 4 aromatic rings. The summed E-state index contributed by atoms with van der Waals surface area (Å²) >= 11 is 0. The Morgan fingerprint density at radius 3 is 1.27 bits per heavy atom. The van der Waals surface area contributed by atoms with Gasteiger partial charge in [-0.05, 0) is 124 Å². The van der Waals surface area contributed by atoms with Gasteiger partial charge in [0.05, 0.1) is 29.4 Å². The smallest absolute Gasteiger partial charge is 0.188 e. The molecule has 342 valence electrons. The quantitative estimate of drug-likeness (QED) is 0.0601. The van der Waals surface area contributed by atoms with Crippen LogP contribution in [0.2, 0.25) is 39.3 Å². The topological polar surface area (TPSA) is 36.9 Å². The molecule has 0 spiro atoms. The van der Waals surface area contributed by atoms with Crippen LogP contribution < -0.4 is 24.6 Å². The van der Waals surface area contributed by atoms with Gasteiger partial charge in [-0.25, -0.2) is 8.78 Å². The SMILES string of the molecule is COCOc1c(-c2cc(F)cc(C)c2OCCCOc2c(C)cc(F)cc2-c2cc(C(C)(C)CC(C)(C)C)cc([Si](C)(C)C)c2C)cc(C(C)(C)CC(C)(C)C)cc1[Si](C)(C)C. The molecule has 4 rings (SSSR count). The average molecular weight is 887 g/mol. The fraction of sp³-hybridized carbons (Fsp3) is 0.556. The van der Waals surface area contributed by atoms with Crippen molar-refractivity contribution in [2.45, 2.75) is 159 Å². The van der Waals surface area contributed by atoms with Crippen molar-refractivity contribution in [3.8, 4) is 39.5 Å². The van der Waals surface area contributed by atoms with Gasteiger partial charge in [0.25, 0.3) is 0 Å². The molecule has 4 aromatic carbocycles. The van der Waals surface area contributed by atoms with Crippen LogP contribution in [0.4, 0.5) is 8.78 Å². The minimum Gasteiger partial charge on any atom is -0.493 e. The van der Waals surface area contributed by atoms with E-state index in [2.05, 4.69) is 140 Å². The zero-order valence-corrected chi connectivity index (χ0v) is 44.3. The first-order chi connectivity index (χ1) is 28.3. The zero-order chi connectivity index (χ0) is 47.0. The van der Waals surface area contributed by atoms with E-state index in [-0.39, 0.29) is 40.1 Å². The molecular weight excluding hydrogens is 807 g/mol. The molecule has 0 aliphatic heterocycles. The highest BCUT2D eigenvalue weighted by atomic mass is 28.3. The van der Waals surface area contributed by atoms with Crippen molar-refractivity contribution in [1.82, 2.24) is 0 Å². The summed E-state index contributed by atoms with van der Waals surface area (Å²) in [5.41, 5.74) is 8.33. The Hall–Kier alpha value is -3.47. The Morgan fingerprint density at radius 1 is 0.484 bits per heavy atom. The number of hydrogen-bond donors (Lipinski definition) is 0. The van der Waals surface area contributed by atoms with Gasteiger partial charge in [0.15, 0.2) is 6.79 Å². The molecule has 0 bridgehead atoms. The summed E-state index contributed by atoms with van der Waals surface area (Å²) in [6.45, 7) is 43.7. The summed E-state index contributed by atoms with van der Waals surface area (Å²) in [7, 11) is -2.18. The Labute approximate surface area is 377 Å². The second kappa shape index (κ2) is 18.9. The molecule has 0 heterocycles. The summed E-state index contributed by atoms with van der Waals surface area (Å²) in [5.74, 6) is 1.41. The number of halogens is 2. The molecule has 8 heteroatoms. The zero-order valence-electron chi connectivity index (χ0n) is 42.3. The normalized spacial score (nSPS) is 13.1. The third-order valence-corrected chi connectivity index (χ3v) is 15.9. The Bertz CT molecular complexity index is 2210. The van der Waals surface area contributed by atoms with Gasteiger partial charge in [0.1, 0.15) is 28.9 Å². The lowest BCUT2D eigenvalue weighted by atomic mass is 9.71. The Morgan fingerprint density at radius 2 is 0.871 bits per heavy atom. The Kier molecular flexibility index (Phi) is 15.6. The highest BCUT2D eigenvalue weighted by molar-refractivity contribution is 6.89. The molecule has 4 nitrogen and oxygen atoms in total. The van der Waals surface area contributed by atoms with Crippen molar-refractivity contribution in [2.24, 2.45) is 10.8 Å². The third kappa shape index (κ3) is 12.8. The van der Waals surface area contributed by atoms with Crippen LogP contribution >= 0.6 is 0 Å². The van der Waals surface area contributed by atoms with E-state index >= 15 is 8.78 Å². The van der Waals surface area contributed by atoms with Crippen LogP contribution in [0.1, 0.15) is 116 Å². The van der Waals surface area contributed by atoms with Crippen molar-refractivity contribution < 1.29 is 27.7 Å². The standard InChI is InChI=1S/C54H80F2O4Si2/c1-35-24-40(55)30-44(42-26-38(53(10,11)32-51(4,5)6)28-46(37(42)3)61(15,16)17)48(35)58-22-21-23-59-49-36(2)25-41(56)31-45(49)43-27-39(54(12,13)33-52(7,8)9)29-47(62(18,19)20)50(43)60-34-57-14/h24-31H,21-23,32-34H2,1-20H3. The molecule has 0 radical (unpaired) electrons. The van der Waals surface area contributed by atoms with Gasteiger partial charge in [0.2, 0.25) is 0 Å². The molecule has 0 N–H and O–H groups in total. The van der Waals surface area contributed by atoms with Gasteiger partial charge in [-0.3, -0.25) is 0 Å². The predicted molar refractivity (Wildman–Crippen MR) is 266 cm³/mol. The summed E-state index contributed by atoms with van der Waals surface area (Å²) in [5, 5.41) is 2.54. The maximum atomic E-state index is 15.6. The minimum absolute atomic E-state index is 0.0692. The van der Waals surface area contributed by atoms with Gasteiger partial charge < -0.3 is 18.9 Å². The number of aryl methyl sites for hydroxylation is 2. The van der Waals surface area contributed by atoms with E-state index in [1.54, 1.807) is 25.3 Å². The first-order valence-corrected chi connectivity index (χ1v) is 29.6. The molecule has 0 amide bonds. The van der Waals surface area contributed by atoms with E-state index in [1.807, 2.05) is 13.8 Å². The van der Waals surface area contributed by atoms with Crippen LogP contribution in [0.15, 0.2) is 48.5 Å². The molecular formula is C54H80F2O4Si2. The molecule has 0 atom stereocenters. The maximum absolute atomic E-state index is 15.6. The van der Waals surface area contributed by atoms with Crippen LogP contribution in [-0.4, -0.2) is 43.3 Å². The van der Waals surface area contributed by atoms with Gasteiger partial charge in [-0.2, -0.15) is 0 Å². The molecule has 0 aliphatic rings. The lowest BCUT2D eigenvalue weighted by Crippen LogP contribution is -2.41. The maximum Gasteiger partial charge on any atom is 0.188 e. The predicted octanol–water partition coefficient (Wildman–Crippen LogP) is 14.6. The minimum atomic E-state index is -2.00. The van der Waals surface area contributed by atoms with Crippen LogP contribution in [0.3, 0.4) is 0 Å². The number of hydrogen-bond acceptors (Lipinski definition) is 4. The summed E-state index contributed by atoms with van der Waals surface area (Å²) in [6, 6.07) is 15.5. The van der Waals surface area contributed by atoms with Crippen molar-refractivity contribution in [1.29, 1.82) is 0 Å². The molecule has 0 saturated heterocycles. The highest BCUT2D eigenvalue weighted by Crippen LogP contribution is 2.45. The third-order valence-electron chi connectivity index (χ3n) is 11.8. The average Bonchev–Trinajstić information content (AvgIpc) is 3.08. The van der Waals surface area contributed by atoms with Crippen LogP contribution in [0.5, 0.6) is 17.2 Å². The van der Waals surface area contributed by atoms with E-state index in [9.17, 15) is 0 Å². The molecule has 0 aromatic heterocycles. The summed E-state index contributed by atoms with van der Waals surface area (Å²) in [6.07, 6.45) is 2.52. The summed E-state index contributed by atoms with van der Waals surface area (Å²) < 4.78 is 56.2. The van der Waals surface area contributed by atoms with Crippen molar-refractivity contribution >= 4 is 26.5 Å². The highest BCUT2D eigenvalue weighted by Gasteiger charge is 2.34. The largest absolute Gasteiger partial charge is 0.493 e. The molecule has 0 unspecified atom stereocenters. The van der Waals surface area contributed by atoms with Gasteiger partial charge in [0, 0.05) is 30.2 Å². The fourth-order valence-corrected chi connectivity index (χ4v) is 13.0. The van der Waals surface area contributed by atoms with Crippen LogP contribution in [0.25, 0.3) is 22.3 Å². The van der Waals surface area contributed by atoms with E-state index in [4.69, 9.17) is 18.9 Å². The van der Waals surface area contributed by atoms with E-state index in [0.717, 1.165) is 46.0 Å². The second-order valence-corrected chi connectivity index (χ2v) is 33.7. The van der Waals surface area contributed by atoms with Crippen molar-refractivity contribution in [3.63, 3.8) is 0 Å². The van der Waals surface area contributed by atoms with Crippen LogP contribution in [-0.2, 0) is 15.6 Å². The first-order valence-electron chi connectivity index (χ1n) is 22.6. The van der Waals surface area contributed by atoms with Gasteiger partial charge in [-0.15, -0.1) is 0 Å². The summed E-state index contributed by atoms with van der Waals surface area (Å²) in [4.78, 5) is 0. The van der Waals surface area contributed by atoms with Crippen LogP contribution in [0, 0.1) is 43.2 Å². The van der Waals surface area contributed by atoms with Gasteiger partial charge >= 0.3 is 0 Å². The number of ether oxygens (including phenoxy) is 4. The Balaban J connectivity index is 1.75. The van der Waals surface area contributed by atoms with E-state index in [1.165, 1.54) is 27.9 Å². The molecule has 0 saturated carbocycles.